The number of aryl methyl sites for hydroxylation is 2. The smallest absolute Gasteiger partial charge is 0.303 e. The third kappa shape index (κ3) is 7.52. The van der Waals surface area contributed by atoms with Gasteiger partial charge in [0.15, 0.2) is 21.4 Å². The van der Waals surface area contributed by atoms with Crippen LogP contribution in [0.4, 0.5) is 8.78 Å². The average molecular weight is 687 g/mol. The van der Waals surface area contributed by atoms with Crippen LogP contribution >= 0.6 is 0 Å². The van der Waals surface area contributed by atoms with Crippen LogP contribution in [0.3, 0.4) is 0 Å². The van der Waals surface area contributed by atoms with Crippen LogP contribution in [0.5, 0.6) is 11.5 Å². The molecule has 6 rings (SSSR count). The first kappa shape index (κ1) is 33.9. The van der Waals surface area contributed by atoms with E-state index in [4.69, 9.17) is 9.84 Å². The number of nitriles is 1. The first-order valence-corrected chi connectivity index (χ1v) is 17.9. The second-order valence-electron chi connectivity index (χ2n) is 13.4. The monoisotopic (exact) mass is 686 g/mol. The van der Waals surface area contributed by atoms with Gasteiger partial charge in [0.2, 0.25) is 0 Å². The molecule has 9 nitrogen and oxygen atoms in total. The number of aliphatic carboxylic acids is 1. The Morgan fingerprint density at radius 2 is 1.98 bits per heavy atom. The summed E-state index contributed by atoms with van der Waals surface area (Å²) < 4.78 is 65.9. The van der Waals surface area contributed by atoms with Gasteiger partial charge in [0, 0.05) is 46.9 Å². The molecule has 2 N–H and O–H groups in total. The molecule has 0 spiro atoms. The number of H-pyrrole nitrogens is 1. The summed E-state index contributed by atoms with van der Waals surface area (Å²) in [6.45, 7) is 3.81. The molecule has 3 aromatic carbocycles. The summed E-state index contributed by atoms with van der Waals surface area (Å²) >= 11 is 0. The predicted molar refractivity (Wildman–Crippen MR) is 181 cm³/mol. The number of hydrogen-bond acceptors (Lipinski definition) is 6. The van der Waals surface area contributed by atoms with Crippen LogP contribution in [0.25, 0.3) is 22.2 Å². The topological polar surface area (TPSA) is 138 Å². The molecule has 0 fully saturated rings. The molecule has 0 amide bonds. The summed E-state index contributed by atoms with van der Waals surface area (Å²) in [7, 11) is -3.60. The van der Waals surface area contributed by atoms with Gasteiger partial charge in [0.25, 0.3) is 0 Å². The van der Waals surface area contributed by atoms with Crippen molar-refractivity contribution in [2.45, 2.75) is 58.4 Å². The Kier molecular flexibility index (Phi) is 9.31. The number of carbonyl (C=O) groups is 1. The van der Waals surface area contributed by atoms with Crippen molar-refractivity contribution in [2.75, 3.05) is 11.5 Å². The van der Waals surface area contributed by atoms with E-state index in [1.807, 2.05) is 38.1 Å². The molecular formula is C37H36F2N4O5S. The number of nitrogens with one attached hydrogen (secondary N) is 1. The minimum Gasteiger partial charge on any atom is -0.481 e. The number of aromatic amines is 1. The number of carboxylic acids is 1. The maximum atomic E-state index is 15.6. The van der Waals surface area contributed by atoms with Crippen LogP contribution in [0.15, 0.2) is 67.0 Å². The summed E-state index contributed by atoms with van der Waals surface area (Å²) in [5.41, 5.74) is 2.10. The fourth-order valence-electron chi connectivity index (χ4n) is 6.71. The summed E-state index contributed by atoms with van der Waals surface area (Å²) in [6, 6.07) is 16.1. The molecule has 12 heteroatoms. The molecule has 5 aromatic rings. The molecule has 0 radical (unpaired) electrons. The van der Waals surface area contributed by atoms with Gasteiger partial charge >= 0.3 is 5.97 Å². The number of carboxylic acid groups (broad SMARTS) is 1. The van der Waals surface area contributed by atoms with E-state index in [9.17, 15) is 23.6 Å². The van der Waals surface area contributed by atoms with E-state index in [1.165, 1.54) is 18.2 Å². The molecule has 0 aliphatic carbocycles. The zero-order chi connectivity index (χ0) is 34.9. The number of hydrogen-bond donors (Lipinski definition) is 2. The quantitative estimate of drug-likeness (QED) is 0.197. The van der Waals surface area contributed by atoms with Crippen LogP contribution in [-0.4, -0.2) is 45.8 Å². The highest BCUT2D eigenvalue weighted by Crippen LogP contribution is 2.39. The Bertz CT molecular complexity index is 2200. The van der Waals surface area contributed by atoms with Crippen molar-refractivity contribution in [3.63, 3.8) is 0 Å². The van der Waals surface area contributed by atoms with E-state index in [1.54, 1.807) is 23.1 Å². The lowest BCUT2D eigenvalue weighted by Crippen LogP contribution is -2.27. The first-order valence-electron chi connectivity index (χ1n) is 16.1. The molecule has 2 aromatic heterocycles. The van der Waals surface area contributed by atoms with Crippen molar-refractivity contribution in [1.29, 1.82) is 5.26 Å². The SMILES string of the molecule is CC1(C)CCCC(c2cccc(CCC(=O)O)c2)n2cc(C#N)c(n2)-c2cc(ccc2F)Oc2c(F)cc3[nH]ccc3c2CCS(=O)(=O)C1. The molecule has 0 saturated heterocycles. The normalized spacial score (nSPS) is 17.7. The fraction of sp³-hybridized carbons (Fsp3) is 0.324. The van der Waals surface area contributed by atoms with Crippen LogP contribution in [0.1, 0.15) is 67.8 Å². The molecule has 0 saturated carbocycles. The second kappa shape index (κ2) is 13.5. The minimum atomic E-state index is -3.60. The van der Waals surface area contributed by atoms with Crippen LogP contribution in [0.2, 0.25) is 0 Å². The van der Waals surface area contributed by atoms with Crippen LogP contribution < -0.4 is 4.74 Å². The van der Waals surface area contributed by atoms with Gasteiger partial charge in [0.05, 0.1) is 23.1 Å². The largest absolute Gasteiger partial charge is 0.481 e. The van der Waals surface area contributed by atoms with Crippen LogP contribution in [-0.2, 0) is 27.5 Å². The van der Waals surface area contributed by atoms with E-state index in [0.717, 1.165) is 17.2 Å². The first-order chi connectivity index (χ1) is 23.3. The van der Waals surface area contributed by atoms with Crippen molar-refractivity contribution < 1.29 is 31.8 Å². The molecule has 1 atom stereocenters. The van der Waals surface area contributed by atoms with Crippen LogP contribution in [0, 0.1) is 28.4 Å². The van der Waals surface area contributed by atoms with Crippen molar-refractivity contribution in [1.82, 2.24) is 14.8 Å². The maximum absolute atomic E-state index is 15.6. The van der Waals surface area contributed by atoms with E-state index in [2.05, 4.69) is 11.1 Å². The van der Waals surface area contributed by atoms with Crippen molar-refractivity contribution in [3.05, 3.63) is 101 Å². The van der Waals surface area contributed by atoms with Crippen molar-refractivity contribution in [2.24, 2.45) is 5.41 Å². The summed E-state index contributed by atoms with van der Waals surface area (Å²) in [6.07, 6.45) is 5.14. The number of halogens is 2. The zero-order valence-corrected chi connectivity index (χ0v) is 28.0. The van der Waals surface area contributed by atoms with Gasteiger partial charge in [-0.05, 0) is 66.5 Å². The number of rotatable bonds is 4. The fourth-order valence-corrected chi connectivity index (χ4v) is 8.71. The third-order valence-electron chi connectivity index (χ3n) is 9.02. The number of benzene rings is 3. The molecule has 1 aliphatic heterocycles. The number of fused-ring (bicyclic) bond motifs is 8. The minimum absolute atomic E-state index is 0.00279. The summed E-state index contributed by atoms with van der Waals surface area (Å²) in [5, 5.41) is 24.7. The maximum Gasteiger partial charge on any atom is 0.303 e. The molecule has 4 bridgehead atoms. The van der Waals surface area contributed by atoms with Gasteiger partial charge in [-0.2, -0.15) is 10.4 Å². The Hall–Kier alpha value is -5.02. The summed E-state index contributed by atoms with van der Waals surface area (Å²) in [4.78, 5) is 14.2. The van der Waals surface area contributed by atoms with E-state index >= 15 is 8.78 Å². The average Bonchev–Trinajstić information content (AvgIpc) is 3.69. The lowest BCUT2D eigenvalue weighted by Gasteiger charge is -2.26. The van der Waals surface area contributed by atoms with Gasteiger partial charge in [-0.1, -0.05) is 44.5 Å². The van der Waals surface area contributed by atoms with E-state index in [-0.39, 0.29) is 52.7 Å². The Balaban J connectivity index is 1.49. The van der Waals surface area contributed by atoms with Gasteiger partial charge in [0.1, 0.15) is 23.3 Å². The lowest BCUT2D eigenvalue weighted by molar-refractivity contribution is -0.136. The van der Waals surface area contributed by atoms with E-state index < -0.39 is 38.9 Å². The van der Waals surface area contributed by atoms with Gasteiger partial charge in [-0.25, -0.2) is 17.2 Å². The van der Waals surface area contributed by atoms with Gasteiger partial charge in [-0.15, -0.1) is 0 Å². The highest BCUT2D eigenvalue weighted by atomic mass is 32.2. The molecule has 1 unspecified atom stereocenters. The zero-order valence-electron chi connectivity index (χ0n) is 27.2. The Morgan fingerprint density at radius 1 is 1.16 bits per heavy atom. The molecule has 254 valence electrons. The highest BCUT2D eigenvalue weighted by molar-refractivity contribution is 7.91. The Labute approximate surface area is 283 Å². The number of sulfone groups is 1. The van der Waals surface area contributed by atoms with E-state index in [0.29, 0.717) is 42.1 Å². The standard InChI is InChI=1S/C37H36F2N4O5S/c1-37(2)14-4-7-33(24-6-3-5-23(17-24)8-11-34(44)45)43-21-25(20-40)35(42-43)29-18-26(9-10-30(29)38)48-36-28(13-16-49(46,47)22-37)27-12-15-41-32(27)19-31(36)39/h3,5-6,9-10,12,15,17-19,21,33,41H,4,7-8,11,13-14,16,22H2,1-2H3,(H,44,45). The molecule has 49 heavy (non-hydrogen) atoms. The van der Waals surface area contributed by atoms with Crippen molar-refractivity contribution in [3.8, 4) is 28.8 Å². The third-order valence-corrected chi connectivity index (χ3v) is 11.1. The Morgan fingerprint density at radius 3 is 2.76 bits per heavy atom. The number of nitrogens with zero attached hydrogens (tertiary/aromatic N) is 3. The molecule has 3 heterocycles. The second-order valence-corrected chi connectivity index (χ2v) is 15.6. The number of aromatic nitrogens is 3. The predicted octanol–water partition coefficient (Wildman–Crippen LogP) is 7.75. The lowest BCUT2D eigenvalue weighted by atomic mass is 9.87. The van der Waals surface area contributed by atoms with Gasteiger partial charge < -0.3 is 14.8 Å². The summed E-state index contributed by atoms with van der Waals surface area (Å²) in [5.74, 6) is -2.66. The van der Waals surface area contributed by atoms with Gasteiger partial charge in [-0.3, -0.25) is 9.48 Å². The number of ether oxygens (including phenoxy) is 1. The molecular weight excluding hydrogens is 650 g/mol. The molecule has 1 aliphatic rings. The van der Waals surface area contributed by atoms with Crippen molar-refractivity contribution >= 4 is 26.7 Å². The highest BCUT2D eigenvalue weighted by Gasteiger charge is 2.29.